The molecule has 1 aromatic heterocycles. The van der Waals surface area contributed by atoms with Crippen molar-refractivity contribution in [2.45, 2.75) is 6.42 Å². The molecule has 0 N–H and O–H groups in total. The Kier molecular flexibility index (Phi) is 3.55. The molecule has 3 aromatic carbocycles. The van der Waals surface area contributed by atoms with E-state index in [0.29, 0.717) is 27.5 Å². The van der Waals surface area contributed by atoms with Crippen molar-refractivity contribution in [2.24, 2.45) is 0 Å². The average Bonchev–Trinajstić information content (AvgIpc) is 3.16. The zero-order valence-corrected chi connectivity index (χ0v) is 14.7. The number of hydrogen-bond donors (Lipinski definition) is 0. The van der Waals surface area contributed by atoms with Gasteiger partial charge in [-0.15, -0.1) is 5.10 Å². The van der Waals surface area contributed by atoms with Gasteiger partial charge in [0.1, 0.15) is 5.52 Å². The summed E-state index contributed by atoms with van der Waals surface area (Å²) in [5.41, 5.74) is 2.17. The first-order valence-corrected chi connectivity index (χ1v) is 8.87. The van der Waals surface area contributed by atoms with Crippen molar-refractivity contribution < 1.29 is 14.4 Å². The van der Waals surface area contributed by atoms with Crippen molar-refractivity contribution in [1.82, 2.24) is 19.9 Å². The molecule has 0 atom stereocenters. The van der Waals surface area contributed by atoms with Crippen molar-refractivity contribution in [3.8, 4) is 0 Å². The highest BCUT2D eigenvalue weighted by molar-refractivity contribution is 6.25. The lowest BCUT2D eigenvalue weighted by atomic mass is 9.94. The second kappa shape index (κ2) is 6.09. The molecule has 7 heteroatoms. The number of benzene rings is 3. The summed E-state index contributed by atoms with van der Waals surface area (Å²) in [4.78, 5) is 39.5. The Morgan fingerprint density at radius 2 is 1.54 bits per heavy atom. The third kappa shape index (κ3) is 2.33. The molecule has 0 radical (unpaired) electrons. The van der Waals surface area contributed by atoms with Crippen LogP contribution in [0.3, 0.4) is 0 Å². The van der Waals surface area contributed by atoms with E-state index in [1.807, 2.05) is 18.2 Å². The molecular formula is C21H14N4O3. The number of hydrogen-bond acceptors (Lipinski definition) is 5. The summed E-state index contributed by atoms with van der Waals surface area (Å²) in [5, 5.41) is 9.38. The predicted molar refractivity (Wildman–Crippen MR) is 102 cm³/mol. The Balaban J connectivity index is 1.44. The van der Waals surface area contributed by atoms with E-state index in [-0.39, 0.29) is 30.7 Å². The minimum absolute atomic E-state index is 0.0184. The van der Waals surface area contributed by atoms with Gasteiger partial charge in [0, 0.05) is 29.5 Å². The third-order valence-electron chi connectivity index (χ3n) is 4.99. The summed E-state index contributed by atoms with van der Waals surface area (Å²) in [6.45, 7) is -0.0184. The van der Waals surface area contributed by atoms with Crippen LogP contribution < -0.4 is 0 Å². The molecule has 0 spiro atoms. The zero-order chi connectivity index (χ0) is 19.3. The van der Waals surface area contributed by atoms with Gasteiger partial charge in [-0.05, 0) is 29.7 Å². The number of carbonyl (C=O) groups is 3. The predicted octanol–water partition coefficient (Wildman–Crippen LogP) is 2.91. The van der Waals surface area contributed by atoms with Crippen molar-refractivity contribution >= 4 is 39.5 Å². The van der Waals surface area contributed by atoms with Gasteiger partial charge in [-0.2, -0.15) is 4.68 Å². The monoisotopic (exact) mass is 370 g/mol. The van der Waals surface area contributed by atoms with Crippen LogP contribution in [0.5, 0.6) is 0 Å². The molecule has 0 fully saturated rings. The van der Waals surface area contributed by atoms with E-state index >= 15 is 0 Å². The molecule has 5 rings (SSSR count). The van der Waals surface area contributed by atoms with Crippen molar-refractivity contribution in [3.63, 3.8) is 0 Å². The number of para-hydroxylation sites is 1. The smallest absolute Gasteiger partial charge is 0.261 e. The summed E-state index contributed by atoms with van der Waals surface area (Å²) in [7, 11) is 0. The van der Waals surface area contributed by atoms with Crippen LogP contribution in [-0.2, 0) is 0 Å². The lowest BCUT2D eigenvalue weighted by Gasteiger charge is -2.26. The number of aromatic nitrogens is 3. The molecule has 2 amide bonds. The molecule has 4 aromatic rings. The van der Waals surface area contributed by atoms with Gasteiger partial charge in [0.15, 0.2) is 0 Å². The number of carbonyl (C=O) groups excluding carboxylic acids is 3. The molecule has 7 nitrogen and oxygen atoms in total. The minimum Gasteiger partial charge on any atom is -0.274 e. The van der Waals surface area contributed by atoms with E-state index < -0.39 is 0 Å². The Labute approximate surface area is 159 Å². The van der Waals surface area contributed by atoms with Crippen LogP contribution in [0.15, 0.2) is 60.7 Å². The highest BCUT2D eigenvalue weighted by Gasteiger charge is 2.32. The summed E-state index contributed by atoms with van der Waals surface area (Å²) in [6.07, 6.45) is -0.0387. The molecule has 0 unspecified atom stereocenters. The highest BCUT2D eigenvalue weighted by atomic mass is 16.2. The SMILES string of the molecule is O=C1c2cccc3cccc(c23)C(=O)N1CCC(=O)n1nnc2ccccc21. The first-order valence-electron chi connectivity index (χ1n) is 8.87. The van der Waals surface area contributed by atoms with Crippen LogP contribution in [-0.4, -0.2) is 44.2 Å². The van der Waals surface area contributed by atoms with E-state index in [1.165, 1.54) is 4.68 Å². The fourth-order valence-corrected chi connectivity index (χ4v) is 3.65. The van der Waals surface area contributed by atoms with Crippen LogP contribution in [0.2, 0.25) is 0 Å². The fraction of sp³-hybridized carbons (Fsp3) is 0.0952. The fourth-order valence-electron chi connectivity index (χ4n) is 3.65. The number of amides is 2. The molecule has 1 aliphatic rings. The maximum Gasteiger partial charge on any atom is 0.261 e. The van der Waals surface area contributed by atoms with E-state index in [9.17, 15) is 14.4 Å². The van der Waals surface area contributed by atoms with Crippen molar-refractivity contribution in [3.05, 3.63) is 71.8 Å². The number of imide groups is 1. The first-order chi connectivity index (χ1) is 13.6. The summed E-state index contributed by atoms with van der Waals surface area (Å²) >= 11 is 0. The van der Waals surface area contributed by atoms with Gasteiger partial charge < -0.3 is 0 Å². The Morgan fingerprint density at radius 3 is 2.25 bits per heavy atom. The molecule has 1 aliphatic heterocycles. The van der Waals surface area contributed by atoms with Gasteiger partial charge in [0.25, 0.3) is 17.7 Å². The van der Waals surface area contributed by atoms with Crippen LogP contribution in [0.25, 0.3) is 21.8 Å². The largest absolute Gasteiger partial charge is 0.274 e. The minimum atomic E-state index is -0.384. The molecule has 0 bridgehead atoms. The first kappa shape index (κ1) is 16.3. The Bertz CT molecular complexity index is 1240. The second-order valence-corrected chi connectivity index (χ2v) is 6.60. The Hall–Kier alpha value is -3.87. The number of nitrogens with zero attached hydrogens (tertiary/aromatic N) is 4. The quantitative estimate of drug-likeness (QED) is 0.518. The maximum atomic E-state index is 12.9. The van der Waals surface area contributed by atoms with Gasteiger partial charge in [0.2, 0.25) is 0 Å². The molecule has 0 aliphatic carbocycles. The van der Waals surface area contributed by atoms with Crippen LogP contribution in [0, 0.1) is 0 Å². The number of fused-ring (bicyclic) bond motifs is 1. The standard InChI is InChI=1S/C21H14N4O3/c26-18(25-17-10-2-1-9-16(17)22-23-25)11-12-24-20(27)14-7-3-5-13-6-4-8-15(19(13)14)21(24)28/h1-10H,11-12H2. The summed E-state index contributed by atoms with van der Waals surface area (Å²) in [5.74, 6) is -1.09. The molecule has 2 heterocycles. The molecular weight excluding hydrogens is 356 g/mol. The van der Waals surface area contributed by atoms with Gasteiger partial charge in [-0.1, -0.05) is 41.6 Å². The van der Waals surface area contributed by atoms with Crippen LogP contribution >= 0.6 is 0 Å². The summed E-state index contributed by atoms with van der Waals surface area (Å²) in [6, 6.07) is 17.9. The van der Waals surface area contributed by atoms with E-state index in [0.717, 1.165) is 10.3 Å². The van der Waals surface area contributed by atoms with Crippen LogP contribution in [0.4, 0.5) is 0 Å². The van der Waals surface area contributed by atoms with Crippen molar-refractivity contribution in [2.75, 3.05) is 6.54 Å². The molecule has 28 heavy (non-hydrogen) atoms. The molecule has 0 saturated heterocycles. The van der Waals surface area contributed by atoms with E-state index in [1.54, 1.807) is 42.5 Å². The number of rotatable bonds is 3. The van der Waals surface area contributed by atoms with E-state index in [2.05, 4.69) is 10.3 Å². The second-order valence-electron chi connectivity index (χ2n) is 6.60. The maximum absolute atomic E-state index is 12.9. The summed E-state index contributed by atoms with van der Waals surface area (Å²) < 4.78 is 1.21. The third-order valence-corrected chi connectivity index (χ3v) is 4.99. The van der Waals surface area contributed by atoms with E-state index in [4.69, 9.17) is 0 Å². The van der Waals surface area contributed by atoms with Gasteiger partial charge >= 0.3 is 0 Å². The lowest BCUT2D eigenvalue weighted by Crippen LogP contribution is -2.41. The van der Waals surface area contributed by atoms with Gasteiger partial charge in [-0.25, -0.2) is 0 Å². The molecule has 136 valence electrons. The zero-order valence-electron chi connectivity index (χ0n) is 14.7. The lowest BCUT2D eigenvalue weighted by molar-refractivity contribution is 0.0602. The average molecular weight is 370 g/mol. The topological polar surface area (TPSA) is 85.2 Å². The van der Waals surface area contributed by atoms with Gasteiger partial charge in [0.05, 0.1) is 5.52 Å². The van der Waals surface area contributed by atoms with Crippen LogP contribution in [0.1, 0.15) is 31.9 Å². The van der Waals surface area contributed by atoms with Crippen molar-refractivity contribution in [1.29, 1.82) is 0 Å². The normalized spacial score (nSPS) is 13.5. The van der Waals surface area contributed by atoms with Gasteiger partial charge in [-0.3, -0.25) is 19.3 Å². The highest BCUT2D eigenvalue weighted by Crippen LogP contribution is 2.30. The Morgan fingerprint density at radius 1 is 0.857 bits per heavy atom. The molecule has 0 saturated carbocycles.